The van der Waals surface area contributed by atoms with Crippen molar-refractivity contribution in [1.82, 2.24) is 10.2 Å². The summed E-state index contributed by atoms with van der Waals surface area (Å²) in [5.74, 6) is -2.54. The fourth-order valence-electron chi connectivity index (χ4n) is 3.42. The molecule has 2 aliphatic heterocycles. The third-order valence-electron chi connectivity index (χ3n) is 4.73. The van der Waals surface area contributed by atoms with E-state index in [1.165, 1.54) is 23.8 Å². The van der Waals surface area contributed by atoms with Crippen molar-refractivity contribution in [3.05, 3.63) is 35.9 Å². The Balaban J connectivity index is 1.84. The number of aliphatic carboxylic acids is 1. The number of hydrogen-bond donors (Lipinski definition) is 3. The lowest BCUT2D eigenvalue weighted by Gasteiger charge is -2.51. The van der Waals surface area contributed by atoms with E-state index in [4.69, 9.17) is 4.74 Å². The molecule has 26 heavy (non-hydrogen) atoms. The van der Waals surface area contributed by atoms with Gasteiger partial charge in [-0.05, 0) is 19.4 Å². The van der Waals surface area contributed by atoms with Crippen molar-refractivity contribution in [2.75, 3.05) is 7.11 Å². The molecular formula is C17H20N2O6S. The summed E-state index contributed by atoms with van der Waals surface area (Å²) in [7, 11) is 1.27. The van der Waals surface area contributed by atoms with E-state index in [2.05, 4.69) is 5.32 Å². The van der Waals surface area contributed by atoms with Crippen LogP contribution in [0.1, 0.15) is 25.5 Å². The lowest BCUT2D eigenvalue weighted by Crippen LogP contribution is -2.80. The van der Waals surface area contributed by atoms with Crippen LogP contribution < -0.4 is 5.32 Å². The zero-order valence-corrected chi connectivity index (χ0v) is 15.3. The summed E-state index contributed by atoms with van der Waals surface area (Å²) in [5, 5.41) is 21.5. The average molecular weight is 380 g/mol. The molecule has 2 heterocycles. The van der Waals surface area contributed by atoms with E-state index in [0.717, 1.165) is 0 Å². The molecule has 3 N–H and O–H groups in total. The van der Waals surface area contributed by atoms with E-state index in [0.29, 0.717) is 5.56 Å². The van der Waals surface area contributed by atoms with Crippen LogP contribution in [0.15, 0.2) is 30.3 Å². The van der Waals surface area contributed by atoms with Crippen LogP contribution in [-0.2, 0) is 19.1 Å². The van der Waals surface area contributed by atoms with E-state index >= 15 is 0 Å². The fraction of sp³-hybridized carbons (Fsp3) is 0.471. The van der Waals surface area contributed by atoms with Crippen LogP contribution in [0.4, 0.5) is 0 Å². The zero-order valence-electron chi connectivity index (χ0n) is 14.5. The molecule has 3 rings (SSSR count). The Kier molecular flexibility index (Phi) is 4.50. The SMILES string of the molecule is CO[C@@]1(NC(=O)C(O)c2ccccc2)C(=O)N2[C@@H](C(=O)O)C(C)(C)S[C@@H]21. The number of aliphatic hydroxyl groups is 1. The van der Waals surface area contributed by atoms with Gasteiger partial charge in [0, 0.05) is 11.9 Å². The number of fused-ring (bicyclic) bond motifs is 1. The van der Waals surface area contributed by atoms with Gasteiger partial charge in [0.15, 0.2) is 6.10 Å². The number of nitrogens with zero attached hydrogens (tertiary/aromatic N) is 1. The number of hydrogen-bond acceptors (Lipinski definition) is 6. The van der Waals surface area contributed by atoms with Crippen LogP contribution in [0, 0.1) is 0 Å². The highest BCUT2D eigenvalue weighted by molar-refractivity contribution is 8.01. The molecule has 2 saturated heterocycles. The van der Waals surface area contributed by atoms with Crippen LogP contribution in [-0.4, -0.2) is 61.9 Å². The van der Waals surface area contributed by atoms with Gasteiger partial charge < -0.3 is 25.2 Å². The number of β-lactam (4-membered cyclic amide) rings is 1. The monoisotopic (exact) mass is 380 g/mol. The summed E-state index contributed by atoms with van der Waals surface area (Å²) in [4.78, 5) is 38.0. The Morgan fingerprint density at radius 3 is 2.46 bits per heavy atom. The number of benzene rings is 1. The second-order valence-corrected chi connectivity index (χ2v) is 8.50. The predicted molar refractivity (Wildman–Crippen MR) is 93.0 cm³/mol. The number of rotatable bonds is 5. The molecule has 1 unspecified atom stereocenters. The Morgan fingerprint density at radius 2 is 1.92 bits per heavy atom. The quantitative estimate of drug-likeness (QED) is 0.498. The van der Waals surface area contributed by atoms with E-state index in [-0.39, 0.29) is 0 Å². The molecule has 0 spiro atoms. The first-order valence-electron chi connectivity index (χ1n) is 7.99. The third-order valence-corrected chi connectivity index (χ3v) is 6.35. The largest absolute Gasteiger partial charge is 0.480 e. The van der Waals surface area contributed by atoms with Gasteiger partial charge in [0.05, 0.1) is 0 Å². The summed E-state index contributed by atoms with van der Waals surface area (Å²) in [6.45, 7) is 3.45. The Morgan fingerprint density at radius 1 is 1.31 bits per heavy atom. The Bertz CT molecular complexity index is 755. The van der Waals surface area contributed by atoms with Gasteiger partial charge in [-0.3, -0.25) is 9.59 Å². The fourth-order valence-corrected chi connectivity index (χ4v) is 5.09. The van der Waals surface area contributed by atoms with Crippen molar-refractivity contribution in [3.63, 3.8) is 0 Å². The van der Waals surface area contributed by atoms with E-state index in [1.807, 2.05) is 0 Å². The number of nitrogens with one attached hydrogen (secondary N) is 1. The first-order valence-corrected chi connectivity index (χ1v) is 8.87. The maximum atomic E-state index is 12.7. The molecule has 8 nitrogen and oxygen atoms in total. The minimum absolute atomic E-state index is 0.377. The average Bonchev–Trinajstić information content (AvgIpc) is 2.88. The van der Waals surface area contributed by atoms with Gasteiger partial charge in [0.2, 0.25) is 0 Å². The third kappa shape index (κ3) is 2.58. The molecule has 0 aromatic heterocycles. The number of carbonyl (C=O) groups is 3. The van der Waals surface area contributed by atoms with E-state index in [1.54, 1.807) is 44.2 Å². The second kappa shape index (κ2) is 6.26. The minimum Gasteiger partial charge on any atom is -0.480 e. The highest BCUT2D eigenvalue weighted by Gasteiger charge is 2.73. The summed E-state index contributed by atoms with van der Waals surface area (Å²) in [6.07, 6.45) is -1.47. The number of ether oxygens (including phenoxy) is 1. The lowest BCUT2D eigenvalue weighted by molar-refractivity contribution is -0.202. The first-order chi connectivity index (χ1) is 12.2. The Labute approximate surface area is 154 Å². The molecule has 0 saturated carbocycles. The molecule has 1 aromatic carbocycles. The second-order valence-electron chi connectivity index (χ2n) is 6.77. The molecule has 0 aliphatic carbocycles. The smallest absolute Gasteiger partial charge is 0.327 e. The molecule has 4 atom stereocenters. The number of aliphatic hydroxyl groups excluding tert-OH is 1. The van der Waals surface area contributed by atoms with Crippen LogP contribution in [0.25, 0.3) is 0 Å². The van der Waals surface area contributed by atoms with E-state index in [9.17, 15) is 24.6 Å². The standard InChI is InChI=1S/C17H20N2O6S/c1-16(2)11(13(22)23)19-14(24)17(25-3,15(19)26-16)18-12(21)10(20)9-7-5-4-6-8-9/h4-8,10-11,15,20H,1-3H3,(H,18,21)(H,22,23)/t10?,11-,15+,17-/m0/s1. The van der Waals surface area contributed by atoms with Crippen molar-refractivity contribution >= 4 is 29.5 Å². The van der Waals surface area contributed by atoms with Crippen molar-refractivity contribution in [2.45, 2.75) is 41.8 Å². The summed E-state index contributed by atoms with van der Waals surface area (Å²) in [6, 6.07) is 7.27. The van der Waals surface area contributed by atoms with Gasteiger partial charge in [-0.25, -0.2) is 4.79 Å². The number of thioether (sulfide) groups is 1. The van der Waals surface area contributed by atoms with Gasteiger partial charge in [-0.15, -0.1) is 11.8 Å². The predicted octanol–water partition coefficient (Wildman–Crippen LogP) is 0.326. The molecule has 2 aliphatic rings. The van der Waals surface area contributed by atoms with Crippen molar-refractivity contribution < 1.29 is 29.3 Å². The van der Waals surface area contributed by atoms with Crippen molar-refractivity contribution in [2.24, 2.45) is 0 Å². The van der Waals surface area contributed by atoms with Gasteiger partial charge in [-0.1, -0.05) is 30.3 Å². The van der Waals surface area contributed by atoms with Gasteiger partial charge in [0.25, 0.3) is 17.5 Å². The molecule has 2 fully saturated rings. The summed E-state index contributed by atoms with van der Waals surface area (Å²) in [5.41, 5.74) is -1.32. The molecule has 0 radical (unpaired) electrons. The summed E-state index contributed by atoms with van der Waals surface area (Å²) >= 11 is 1.24. The number of carbonyl (C=O) groups excluding carboxylic acids is 2. The van der Waals surface area contributed by atoms with Crippen LogP contribution in [0.2, 0.25) is 0 Å². The number of methoxy groups -OCH3 is 1. The minimum atomic E-state index is -1.70. The molecule has 1 aromatic rings. The van der Waals surface area contributed by atoms with Crippen molar-refractivity contribution in [3.8, 4) is 0 Å². The molecular weight excluding hydrogens is 360 g/mol. The van der Waals surface area contributed by atoms with Gasteiger partial charge in [0.1, 0.15) is 11.4 Å². The number of amides is 2. The zero-order chi connectivity index (χ0) is 19.3. The van der Waals surface area contributed by atoms with Crippen LogP contribution in [0.5, 0.6) is 0 Å². The van der Waals surface area contributed by atoms with Crippen LogP contribution >= 0.6 is 11.8 Å². The molecule has 9 heteroatoms. The maximum Gasteiger partial charge on any atom is 0.327 e. The van der Waals surface area contributed by atoms with Gasteiger partial charge >= 0.3 is 5.97 Å². The number of carboxylic acid groups (broad SMARTS) is 1. The molecule has 140 valence electrons. The summed E-state index contributed by atoms with van der Waals surface area (Å²) < 4.78 is 4.58. The topological polar surface area (TPSA) is 116 Å². The van der Waals surface area contributed by atoms with Gasteiger partial charge in [-0.2, -0.15) is 0 Å². The molecule has 2 amide bonds. The van der Waals surface area contributed by atoms with E-state index < -0.39 is 45.8 Å². The Hall–Kier alpha value is -2.10. The highest BCUT2D eigenvalue weighted by atomic mass is 32.2. The van der Waals surface area contributed by atoms with Crippen LogP contribution in [0.3, 0.4) is 0 Å². The normalized spacial score (nSPS) is 30.3. The number of carboxylic acids is 1. The maximum absolute atomic E-state index is 12.7. The molecule has 0 bridgehead atoms. The highest BCUT2D eigenvalue weighted by Crippen LogP contribution is 2.55. The van der Waals surface area contributed by atoms with Crippen molar-refractivity contribution in [1.29, 1.82) is 0 Å². The first kappa shape index (κ1) is 18.7. The lowest BCUT2D eigenvalue weighted by atomic mass is 9.93.